The molecule has 1 fully saturated rings. The molecule has 4 N–H and O–H groups in total. The SMILES string of the molecule is C[C@H]1NCC(O)[C@@H](O)[C@@H]1O. The van der Waals surface area contributed by atoms with Gasteiger partial charge in [0, 0.05) is 12.6 Å². The van der Waals surface area contributed by atoms with Gasteiger partial charge >= 0.3 is 0 Å². The number of β-amino-alcohol motifs (C(OH)–C–C–N with tert-alkyl or cyclic N) is 1. The van der Waals surface area contributed by atoms with Gasteiger partial charge in [-0.1, -0.05) is 0 Å². The van der Waals surface area contributed by atoms with Gasteiger partial charge < -0.3 is 20.6 Å². The number of hydrogen-bond acceptors (Lipinski definition) is 4. The maximum atomic E-state index is 9.14. The highest BCUT2D eigenvalue weighted by molar-refractivity contribution is 4.89. The van der Waals surface area contributed by atoms with E-state index in [0.717, 1.165) is 0 Å². The van der Waals surface area contributed by atoms with E-state index in [9.17, 15) is 0 Å². The molecule has 4 heteroatoms. The third kappa shape index (κ3) is 1.29. The van der Waals surface area contributed by atoms with E-state index in [0.29, 0.717) is 6.54 Å². The van der Waals surface area contributed by atoms with Crippen molar-refractivity contribution in [3.8, 4) is 0 Å². The second-order valence-electron chi connectivity index (χ2n) is 2.75. The van der Waals surface area contributed by atoms with Crippen molar-refractivity contribution < 1.29 is 15.3 Å². The summed E-state index contributed by atoms with van der Waals surface area (Å²) in [6.07, 6.45) is -2.70. The Morgan fingerprint density at radius 1 is 1.20 bits per heavy atom. The molecule has 1 unspecified atom stereocenters. The summed E-state index contributed by atoms with van der Waals surface area (Å²) >= 11 is 0. The zero-order valence-corrected chi connectivity index (χ0v) is 5.86. The van der Waals surface area contributed by atoms with Crippen LogP contribution in [0.4, 0.5) is 0 Å². The molecular formula is C6H13NO3. The zero-order valence-electron chi connectivity index (χ0n) is 5.86. The first-order valence-corrected chi connectivity index (χ1v) is 3.40. The van der Waals surface area contributed by atoms with Crippen molar-refractivity contribution in [1.82, 2.24) is 5.32 Å². The average Bonchev–Trinajstić information content (AvgIpc) is 1.93. The molecule has 1 aliphatic rings. The first kappa shape index (κ1) is 7.94. The molecule has 0 bridgehead atoms. The minimum Gasteiger partial charge on any atom is -0.389 e. The Kier molecular flexibility index (Phi) is 2.25. The molecule has 10 heavy (non-hydrogen) atoms. The van der Waals surface area contributed by atoms with E-state index < -0.39 is 18.3 Å². The first-order valence-electron chi connectivity index (χ1n) is 3.40. The monoisotopic (exact) mass is 147 g/mol. The van der Waals surface area contributed by atoms with E-state index in [1.807, 2.05) is 0 Å². The largest absolute Gasteiger partial charge is 0.389 e. The summed E-state index contributed by atoms with van der Waals surface area (Å²) in [7, 11) is 0. The van der Waals surface area contributed by atoms with Crippen molar-refractivity contribution in [3.63, 3.8) is 0 Å². The van der Waals surface area contributed by atoms with Gasteiger partial charge in [0.2, 0.25) is 0 Å². The average molecular weight is 147 g/mol. The fraction of sp³-hybridized carbons (Fsp3) is 1.00. The molecule has 0 saturated carbocycles. The van der Waals surface area contributed by atoms with Crippen LogP contribution < -0.4 is 5.32 Å². The van der Waals surface area contributed by atoms with Crippen LogP contribution in [0.25, 0.3) is 0 Å². The van der Waals surface area contributed by atoms with Gasteiger partial charge in [-0.25, -0.2) is 0 Å². The molecule has 1 aliphatic heterocycles. The van der Waals surface area contributed by atoms with Crippen molar-refractivity contribution >= 4 is 0 Å². The van der Waals surface area contributed by atoms with Gasteiger partial charge in [-0.2, -0.15) is 0 Å². The summed E-state index contributed by atoms with van der Waals surface area (Å²) in [4.78, 5) is 0. The Morgan fingerprint density at radius 2 is 1.80 bits per heavy atom. The lowest BCUT2D eigenvalue weighted by molar-refractivity contribution is -0.0910. The summed E-state index contributed by atoms with van der Waals surface area (Å²) in [6.45, 7) is 2.11. The van der Waals surface area contributed by atoms with Crippen LogP contribution in [-0.2, 0) is 0 Å². The summed E-state index contributed by atoms with van der Waals surface area (Å²) in [5, 5.41) is 30.1. The van der Waals surface area contributed by atoms with Gasteiger partial charge in [-0.15, -0.1) is 0 Å². The van der Waals surface area contributed by atoms with E-state index in [4.69, 9.17) is 15.3 Å². The third-order valence-electron chi connectivity index (χ3n) is 1.91. The summed E-state index contributed by atoms with van der Waals surface area (Å²) in [6, 6.07) is -0.140. The molecule has 4 nitrogen and oxygen atoms in total. The van der Waals surface area contributed by atoms with Crippen LogP contribution in [0.15, 0.2) is 0 Å². The maximum absolute atomic E-state index is 9.14. The third-order valence-corrected chi connectivity index (χ3v) is 1.91. The maximum Gasteiger partial charge on any atom is 0.108 e. The van der Waals surface area contributed by atoms with Gasteiger partial charge in [0.15, 0.2) is 0 Å². The van der Waals surface area contributed by atoms with Crippen LogP contribution in [0.1, 0.15) is 6.92 Å². The van der Waals surface area contributed by atoms with E-state index >= 15 is 0 Å². The standard InChI is InChI=1S/C6H13NO3/c1-3-5(9)6(10)4(8)2-7-3/h3-10H,2H2,1H3/t3-,4?,5-,6-/m1/s1. The highest BCUT2D eigenvalue weighted by Gasteiger charge is 2.33. The molecule has 0 aliphatic carbocycles. The van der Waals surface area contributed by atoms with Gasteiger partial charge in [0.25, 0.3) is 0 Å². The van der Waals surface area contributed by atoms with Crippen molar-refractivity contribution in [1.29, 1.82) is 0 Å². The number of piperidine rings is 1. The summed E-state index contributed by atoms with van der Waals surface area (Å²) in [5.41, 5.74) is 0. The molecule has 60 valence electrons. The first-order chi connectivity index (χ1) is 4.63. The van der Waals surface area contributed by atoms with Crippen molar-refractivity contribution in [2.45, 2.75) is 31.3 Å². The summed E-state index contributed by atoms with van der Waals surface area (Å²) < 4.78 is 0. The minimum absolute atomic E-state index is 0.140. The molecule has 1 heterocycles. The summed E-state index contributed by atoms with van der Waals surface area (Å²) in [5.74, 6) is 0. The second-order valence-corrected chi connectivity index (χ2v) is 2.75. The lowest BCUT2D eigenvalue weighted by Crippen LogP contribution is -2.58. The second kappa shape index (κ2) is 2.84. The predicted molar refractivity (Wildman–Crippen MR) is 35.5 cm³/mol. The zero-order chi connectivity index (χ0) is 7.72. The smallest absolute Gasteiger partial charge is 0.108 e. The van der Waals surface area contributed by atoms with E-state index in [-0.39, 0.29) is 6.04 Å². The molecule has 0 amide bonds. The number of nitrogens with one attached hydrogen (secondary N) is 1. The van der Waals surface area contributed by atoms with Gasteiger partial charge in [-0.05, 0) is 6.92 Å². The lowest BCUT2D eigenvalue weighted by Gasteiger charge is -2.33. The molecule has 0 radical (unpaired) electrons. The van der Waals surface area contributed by atoms with Gasteiger partial charge in [-0.3, -0.25) is 0 Å². The molecular weight excluding hydrogens is 134 g/mol. The number of rotatable bonds is 0. The van der Waals surface area contributed by atoms with Crippen molar-refractivity contribution in [2.75, 3.05) is 6.54 Å². The van der Waals surface area contributed by atoms with Crippen LogP contribution in [0.3, 0.4) is 0 Å². The fourth-order valence-corrected chi connectivity index (χ4v) is 1.07. The predicted octanol–water partition coefficient (Wildman–Crippen LogP) is -1.94. The Hall–Kier alpha value is -0.160. The Morgan fingerprint density at radius 3 is 2.30 bits per heavy atom. The van der Waals surface area contributed by atoms with Crippen LogP contribution in [0.5, 0.6) is 0 Å². The van der Waals surface area contributed by atoms with Crippen molar-refractivity contribution in [2.24, 2.45) is 0 Å². The lowest BCUT2D eigenvalue weighted by atomic mass is 9.98. The normalized spacial score (nSPS) is 49.2. The highest BCUT2D eigenvalue weighted by Crippen LogP contribution is 2.09. The topological polar surface area (TPSA) is 72.7 Å². The molecule has 1 saturated heterocycles. The molecule has 0 aromatic carbocycles. The molecule has 4 atom stereocenters. The molecule has 0 aromatic rings. The van der Waals surface area contributed by atoms with Gasteiger partial charge in [0.1, 0.15) is 6.10 Å². The van der Waals surface area contributed by atoms with Crippen LogP contribution in [-0.4, -0.2) is 46.2 Å². The molecule has 1 rings (SSSR count). The van der Waals surface area contributed by atoms with Gasteiger partial charge in [0.05, 0.1) is 12.2 Å². The van der Waals surface area contributed by atoms with Crippen LogP contribution in [0, 0.1) is 0 Å². The quantitative estimate of drug-likeness (QED) is 0.322. The van der Waals surface area contributed by atoms with Crippen LogP contribution >= 0.6 is 0 Å². The van der Waals surface area contributed by atoms with Crippen molar-refractivity contribution in [3.05, 3.63) is 0 Å². The van der Waals surface area contributed by atoms with E-state index in [1.54, 1.807) is 6.92 Å². The Bertz CT molecular complexity index is 106. The number of hydrogen-bond donors (Lipinski definition) is 4. The fourth-order valence-electron chi connectivity index (χ4n) is 1.07. The Labute approximate surface area is 59.5 Å². The van der Waals surface area contributed by atoms with E-state index in [1.165, 1.54) is 0 Å². The minimum atomic E-state index is -1.00. The van der Waals surface area contributed by atoms with E-state index in [2.05, 4.69) is 5.32 Å². The number of aliphatic hydroxyl groups excluding tert-OH is 3. The Balaban J connectivity index is 2.52. The number of aliphatic hydroxyl groups is 3. The highest BCUT2D eigenvalue weighted by atomic mass is 16.4. The van der Waals surface area contributed by atoms with Crippen LogP contribution in [0.2, 0.25) is 0 Å². The molecule has 0 spiro atoms. The molecule has 0 aromatic heterocycles.